The quantitative estimate of drug-likeness (QED) is 0.849. The molecular formula is C11H19ClN2O2S. The zero-order chi connectivity index (χ0) is 12.2. The highest BCUT2D eigenvalue weighted by Gasteiger charge is 2.09. The van der Waals surface area contributed by atoms with Gasteiger partial charge in [0.05, 0.1) is 4.90 Å². The monoisotopic (exact) mass is 278 g/mol. The minimum absolute atomic E-state index is 0. The van der Waals surface area contributed by atoms with E-state index in [-0.39, 0.29) is 18.4 Å². The van der Waals surface area contributed by atoms with Crippen LogP contribution in [0.15, 0.2) is 29.2 Å². The summed E-state index contributed by atoms with van der Waals surface area (Å²) >= 11 is 0. The number of benzene rings is 1. The largest absolute Gasteiger partial charge is 0.330 e. The third-order valence-electron chi connectivity index (χ3n) is 2.46. The molecule has 0 saturated heterocycles. The molecule has 4 nitrogen and oxygen atoms in total. The van der Waals surface area contributed by atoms with Gasteiger partial charge in [-0.15, -0.1) is 12.4 Å². The van der Waals surface area contributed by atoms with E-state index in [1.54, 1.807) is 24.3 Å². The fourth-order valence-electron chi connectivity index (χ4n) is 1.47. The van der Waals surface area contributed by atoms with Gasteiger partial charge in [0.25, 0.3) is 0 Å². The van der Waals surface area contributed by atoms with Crippen LogP contribution >= 0.6 is 12.4 Å². The van der Waals surface area contributed by atoms with Crippen LogP contribution in [-0.2, 0) is 9.84 Å². The average Bonchev–Trinajstić information content (AvgIpc) is 2.25. The van der Waals surface area contributed by atoms with Gasteiger partial charge < -0.3 is 11.5 Å². The Morgan fingerprint density at radius 3 is 2.18 bits per heavy atom. The predicted octanol–water partition coefficient (Wildman–Crippen LogP) is 1.25. The second-order valence-corrected chi connectivity index (χ2v) is 5.89. The molecule has 0 saturated carbocycles. The van der Waals surface area contributed by atoms with Gasteiger partial charge in [0.1, 0.15) is 0 Å². The Labute approximate surface area is 109 Å². The summed E-state index contributed by atoms with van der Waals surface area (Å²) in [5.41, 5.74) is 12.3. The van der Waals surface area contributed by atoms with E-state index in [0.717, 1.165) is 18.4 Å². The van der Waals surface area contributed by atoms with Crippen LogP contribution in [0.1, 0.15) is 24.4 Å². The molecule has 0 radical (unpaired) electrons. The summed E-state index contributed by atoms with van der Waals surface area (Å²) in [7, 11) is -3.12. The molecule has 0 aliphatic rings. The van der Waals surface area contributed by atoms with Crippen molar-refractivity contribution in [2.24, 2.45) is 11.5 Å². The first kappa shape index (κ1) is 16.4. The number of hydrogen-bond donors (Lipinski definition) is 2. The molecule has 6 heteroatoms. The van der Waals surface area contributed by atoms with E-state index >= 15 is 0 Å². The fourth-order valence-corrected chi connectivity index (χ4v) is 2.10. The summed E-state index contributed by atoms with van der Waals surface area (Å²) in [6.07, 6.45) is 2.88. The summed E-state index contributed by atoms with van der Waals surface area (Å²) < 4.78 is 22.5. The second-order valence-electron chi connectivity index (χ2n) is 3.88. The molecule has 98 valence electrons. The smallest absolute Gasteiger partial charge is 0.175 e. The highest BCUT2D eigenvalue weighted by molar-refractivity contribution is 7.90. The van der Waals surface area contributed by atoms with Crippen molar-refractivity contribution < 1.29 is 8.42 Å². The second kappa shape index (κ2) is 6.96. The van der Waals surface area contributed by atoms with Gasteiger partial charge in [0, 0.05) is 12.3 Å². The lowest BCUT2D eigenvalue weighted by Gasteiger charge is -2.11. The minimum Gasteiger partial charge on any atom is -0.330 e. The molecule has 1 atom stereocenters. The third-order valence-corrected chi connectivity index (χ3v) is 3.58. The number of rotatable bonds is 5. The van der Waals surface area contributed by atoms with Crippen LogP contribution in [0.25, 0.3) is 0 Å². The number of sulfone groups is 1. The van der Waals surface area contributed by atoms with E-state index in [1.165, 1.54) is 6.26 Å². The molecule has 1 aromatic rings. The van der Waals surface area contributed by atoms with Crippen LogP contribution in [0.3, 0.4) is 0 Å². The summed E-state index contributed by atoms with van der Waals surface area (Å²) in [6, 6.07) is 6.63. The summed E-state index contributed by atoms with van der Waals surface area (Å²) in [6.45, 7) is 0.620. The van der Waals surface area contributed by atoms with Crippen molar-refractivity contribution in [1.82, 2.24) is 0 Å². The maximum absolute atomic E-state index is 11.2. The van der Waals surface area contributed by atoms with E-state index in [9.17, 15) is 8.42 Å². The highest BCUT2D eigenvalue weighted by Crippen LogP contribution is 2.18. The zero-order valence-corrected chi connectivity index (χ0v) is 11.4. The standard InChI is InChI=1S/C11H18N2O2S.ClH/c1-16(14,15)10-6-4-9(5-7-10)11(13)3-2-8-12;/h4-7,11H,2-3,8,12-13H2,1H3;1H/t11-;/m0./s1. The van der Waals surface area contributed by atoms with Crippen LogP contribution < -0.4 is 11.5 Å². The molecule has 0 heterocycles. The number of nitrogens with two attached hydrogens (primary N) is 2. The van der Waals surface area contributed by atoms with Crippen molar-refractivity contribution in [2.75, 3.05) is 12.8 Å². The molecule has 0 aliphatic heterocycles. The summed E-state index contributed by atoms with van der Waals surface area (Å²) in [4.78, 5) is 0.322. The SMILES string of the molecule is CS(=O)(=O)c1ccc([C@@H](N)CCCN)cc1.Cl. The van der Waals surface area contributed by atoms with E-state index in [2.05, 4.69) is 0 Å². The molecule has 0 unspecified atom stereocenters. The lowest BCUT2D eigenvalue weighted by atomic mass is 10.0. The van der Waals surface area contributed by atoms with E-state index in [1.807, 2.05) is 0 Å². The summed E-state index contributed by atoms with van der Waals surface area (Å²) in [5, 5.41) is 0. The van der Waals surface area contributed by atoms with Gasteiger partial charge in [-0.1, -0.05) is 12.1 Å². The van der Waals surface area contributed by atoms with Gasteiger partial charge in [-0.05, 0) is 37.1 Å². The molecule has 0 amide bonds. The van der Waals surface area contributed by atoms with Crippen molar-refractivity contribution in [1.29, 1.82) is 0 Å². The van der Waals surface area contributed by atoms with E-state index < -0.39 is 9.84 Å². The molecular weight excluding hydrogens is 260 g/mol. The van der Waals surface area contributed by atoms with Gasteiger partial charge >= 0.3 is 0 Å². The molecule has 1 aromatic carbocycles. The fraction of sp³-hybridized carbons (Fsp3) is 0.455. The lowest BCUT2D eigenvalue weighted by Crippen LogP contribution is -2.12. The molecule has 17 heavy (non-hydrogen) atoms. The molecule has 0 bridgehead atoms. The number of hydrogen-bond acceptors (Lipinski definition) is 4. The normalized spacial score (nSPS) is 12.9. The zero-order valence-electron chi connectivity index (χ0n) is 9.80. The van der Waals surface area contributed by atoms with Crippen LogP contribution in [-0.4, -0.2) is 21.2 Å². The van der Waals surface area contributed by atoms with Crippen LogP contribution in [0, 0.1) is 0 Å². The molecule has 0 aliphatic carbocycles. The topological polar surface area (TPSA) is 86.2 Å². The van der Waals surface area contributed by atoms with Crippen molar-refractivity contribution in [3.8, 4) is 0 Å². The molecule has 1 rings (SSSR count). The van der Waals surface area contributed by atoms with Crippen molar-refractivity contribution in [3.05, 3.63) is 29.8 Å². The summed E-state index contributed by atoms with van der Waals surface area (Å²) in [5.74, 6) is 0. The minimum atomic E-state index is -3.12. The Morgan fingerprint density at radius 1 is 1.24 bits per heavy atom. The first-order valence-electron chi connectivity index (χ1n) is 5.21. The van der Waals surface area contributed by atoms with Crippen LogP contribution in [0.2, 0.25) is 0 Å². The van der Waals surface area contributed by atoms with Gasteiger partial charge in [-0.3, -0.25) is 0 Å². The molecule has 4 N–H and O–H groups in total. The van der Waals surface area contributed by atoms with Crippen molar-refractivity contribution in [2.45, 2.75) is 23.8 Å². The Hall–Kier alpha value is -0.620. The first-order chi connectivity index (χ1) is 7.45. The maximum Gasteiger partial charge on any atom is 0.175 e. The van der Waals surface area contributed by atoms with Crippen molar-refractivity contribution in [3.63, 3.8) is 0 Å². The predicted molar refractivity (Wildman–Crippen MR) is 72.0 cm³/mol. The molecule has 0 spiro atoms. The number of halogens is 1. The Bertz CT molecular complexity index is 431. The lowest BCUT2D eigenvalue weighted by molar-refractivity contribution is 0.601. The van der Waals surface area contributed by atoms with Crippen LogP contribution in [0.4, 0.5) is 0 Å². The van der Waals surface area contributed by atoms with E-state index in [0.29, 0.717) is 11.4 Å². The highest BCUT2D eigenvalue weighted by atomic mass is 35.5. The Kier molecular flexibility index (Phi) is 6.70. The average molecular weight is 279 g/mol. The van der Waals surface area contributed by atoms with Gasteiger partial charge in [-0.25, -0.2) is 8.42 Å². The van der Waals surface area contributed by atoms with E-state index in [4.69, 9.17) is 11.5 Å². The van der Waals surface area contributed by atoms with Crippen molar-refractivity contribution >= 4 is 22.2 Å². The van der Waals surface area contributed by atoms with Gasteiger partial charge in [0.15, 0.2) is 9.84 Å². The Morgan fingerprint density at radius 2 is 1.76 bits per heavy atom. The van der Waals surface area contributed by atoms with Crippen LogP contribution in [0.5, 0.6) is 0 Å². The first-order valence-corrected chi connectivity index (χ1v) is 7.10. The molecule has 0 aromatic heterocycles. The Balaban J connectivity index is 0.00000256. The molecule has 0 fully saturated rings. The maximum atomic E-state index is 11.2. The third kappa shape index (κ3) is 5.04. The van der Waals surface area contributed by atoms with Gasteiger partial charge in [-0.2, -0.15) is 0 Å². The van der Waals surface area contributed by atoms with Gasteiger partial charge in [0.2, 0.25) is 0 Å².